The zero-order valence-electron chi connectivity index (χ0n) is 11.6. The van der Waals surface area contributed by atoms with Gasteiger partial charge >= 0.3 is 0 Å². The highest BCUT2D eigenvalue weighted by Gasteiger charge is 2.17. The fourth-order valence-electron chi connectivity index (χ4n) is 1.96. The summed E-state index contributed by atoms with van der Waals surface area (Å²) >= 11 is 6.03. The highest BCUT2D eigenvalue weighted by molar-refractivity contribution is 6.31. The maximum atomic E-state index is 11.2. The van der Waals surface area contributed by atoms with Gasteiger partial charge in [-0.15, -0.1) is 0 Å². The average Bonchev–Trinajstić information content (AvgIpc) is 2.40. The van der Waals surface area contributed by atoms with Gasteiger partial charge in [0.25, 0.3) is 0 Å². The van der Waals surface area contributed by atoms with Crippen LogP contribution in [0.3, 0.4) is 0 Å². The predicted octanol–water partition coefficient (Wildman–Crippen LogP) is 2.64. The van der Waals surface area contributed by atoms with Crippen molar-refractivity contribution >= 4 is 23.6 Å². The fourth-order valence-corrected chi connectivity index (χ4v) is 2.13. The van der Waals surface area contributed by atoms with E-state index < -0.39 is 0 Å². The molecule has 5 heteroatoms. The quantitative estimate of drug-likeness (QED) is 0.688. The van der Waals surface area contributed by atoms with Crippen LogP contribution in [-0.2, 0) is 9.47 Å². The van der Waals surface area contributed by atoms with Crippen LogP contribution in [0.15, 0.2) is 18.2 Å². The van der Waals surface area contributed by atoms with Gasteiger partial charge in [-0.3, -0.25) is 4.79 Å². The fraction of sp³-hybridized carbons (Fsp3) is 0.500. The first kappa shape index (κ1) is 16.0. The Morgan fingerprint density at radius 1 is 1.37 bits per heavy atom. The molecule has 1 rings (SSSR count). The third-order valence-corrected chi connectivity index (χ3v) is 3.14. The summed E-state index contributed by atoms with van der Waals surface area (Å²) in [6.45, 7) is 3.84. The summed E-state index contributed by atoms with van der Waals surface area (Å²) in [4.78, 5) is 13.2. The second kappa shape index (κ2) is 8.15. The molecule has 0 bridgehead atoms. The monoisotopic (exact) mass is 285 g/mol. The van der Waals surface area contributed by atoms with Gasteiger partial charge in [0.15, 0.2) is 6.29 Å². The Morgan fingerprint density at radius 2 is 2.11 bits per heavy atom. The lowest BCUT2D eigenvalue weighted by Gasteiger charge is -2.31. The van der Waals surface area contributed by atoms with Gasteiger partial charge in [0.1, 0.15) is 0 Å². The molecule has 0 saturated carbocycles. The van der Waals surface area contributed by atoms with Gasteiger partial charge in [-0.05, 0) is 25.1 Å². The number of rotatable bonds is 8. The number of hydrogen-bond donors (Lipinski definition) is 0. The van der Waals surface area contributed by atoms with Crippen LogP contribution in [-0.4, -0.2) is 46.3 Å². The van der Waals surface area contributed by atoms with Crippen LogP contribution in [0.5, 0.6) is 0 Å². The molecule has 0 radical (unpaired) electrons. The molecule has 0 fully saturated rings. The van der Waals surface area contributed by atoms with Crippen LogP contribution in [0.4, 0.5) is 5.69 Å². The maximum Gasteiger partial charge on any atom is 0.152 e. The number of aldehydes is 1. The molecule has 19 heavy (non-hydrogen) atoms. The molecule has 4 nitrogen and oxygen atoms in total. The summed E-state index contributed by atoms with van der Waals surface area (Å²) in [5.74, 6) is 0. The van der Waals surface area contributed by atoms with E-state index in [4.69, 9.17) is 21.1 Å². The Kier molecular flexibility index (Phi) is 6.84. The van der Waals surface area contributed by atoms with Crippen molar-refractivity contribution in [1.82, 2.24) is 0 Å². The number of benzene rings is 1. The molecule has 0 saturated heterocycles. The molecular weight excluding hydrogens is 266 g/mol. The lowest BCUT2D eigenvalue weighted by atomic mass is 10.1. The second-order valence-corrected chi connectivity index (χ2v) is 4.75. The summed E-state index contributed by atoms with van der Waals surface area (Å²) < 4.78 is 10.3. The Bertz CT molecular complexity index is 412. The van der Waals surface area contributed by atoms with Crippen molar-refractivity contribution in [3.8, 4) is 0 Å². The number of nitrogens with zero attached hydrogens (tertiary/aromatic N) is 1. The van der Waals surface area contributed by atoms with E-state index in [0.29, 0.717) is 30.3 Å². The number of anilines is 1. The predicted molar refractivity (Wildman–Crippen MR) is 77.4 cm³/mol. The van der Waals surface area contributed by atoms with Crippen LogP contribution in [0, 0.1) is 0 Å². The molecule has 106 valence electrons. The van der Waals surface area contributed by atoms with E-state index in [1.54, 1.807) is 32.4 Å². The Morgan fingerprint density at radius 3 is 2.68 bits per heavy atom. The zero-order valence-corrected chi connectivity index (χ0v) is 12.3. The van der Waals surface area contributed by atoms with E-state index in [9.17, 15) is 4.79 Å². The highest BCUT2D eigenvalue weighted by Crippen LogP contribution is 2.25. The van der Waals surface area contributed by atoms with Gasteiger partial charge < -0.3 is 14.4 Å². The van der Waals surface area contributed by atoms with Crippen molar-refractivity contribution in [2.45, 2.75) is 13.0 Å². The van der Waals surface area contributed by atoms with E-state index in [1.165, 1.54) is 0 Å². The first-order valence-electron chi connectivity index (χ1n) is 6.13. The van der Waals surface area contributed by atoms with Crippen molar-refractivity contribution < 1.29 is 14.3 Å². The third kappa shape index (κ3) is 4.49. The van der Waals surface area contributed by atoms with E-state index in [2.05, 4.69) is 4.90 Å². The minimum Gasteiger partial charge on any atom is -0.383 e. The first-order chi connectivity index (χ1) is 9.13. The van der Waals surface area contributed by atoms with Crippen molar-refractivity contribution in [2.24, 2.45) is 0 Å². The van der Waals surface area contributed by atoms with Gasteiger partial charge in [0.05, 0.1) is 13.2 Å². The molecule has 0 heterocycles. The molecule has 0 amide bonds. The number of carbonyl (C=O) groups is 1. The van der Waals surface area contributed by atoms with Crippen LogP contribution < -0.4 is 4.90 Å². The molecule has 0 aliphatic carbocycles. The minimum atomic E-state index is 0.123. The second-order valence-electron chi connectivity index (χ2n) is 4.31. The topological polar surface area (TPSA) is 38.8 Å². The molecule has 0 aliphatic rings. The number of halogens is 1. The molecule has 1 aromatic rings. The largest absolute Gasteiger partial charge is 0.383 e. The summed E-state index contributed by atoms with van der Waals surface area (Å²) in [6, 6.07) is 5.36. The normalized spacial score (nSPS) is 12.2. The lowest BCUT2D eigenvalue weighted by molar-refractivity contribution is 0.112. The zero-order chi connectivity index (χ0) is 14.3. The molecule has 0 aliphatic heterocycles. The van der Waals surface area contributed by atoms with Crippen molar-refractivity contribution in [3.63, 3.8) is 0 Å². The Hall–Kier alpha value is -1.10. The van der Waals surface area contributed by atoms with Crippen molar-refractivity contribution in [2.75, 3.05) is 38.9 Å². The molecule has 1 atom stereocenters. The maximum absolute atomic E-state index is 11.2. The van der Waals surface area contributed by atoms with Gasteiger partial charge in [-0.1, -0.05) is 11.6 Å². The first-order valence-corrected chi connectivity index (χ1v) is 6.51. The molecule has 0 aromatic heterocycles. The van der Waals surface area contributed by atoms with E-state index in [1.807, 2.05) is 6.92 Å². The number of hydrogen-bond acceptors (Lipinski definition) is 4. The molecule has 1 aromatic carbocycles. The minimum absolute atomic E-state index is 0.123. The molecule has 0 N–H and O–H groups in total. The summed E-state index contributed by atoms with van der Waals surface area (Å²) in [5, 5.41) is 0.604. The Labute approximate surface area is 119 Å². The van der Waals surface area contributed by atoms with Crippen LogP contribution >= 0.6 is 11.6 Å². The smallest absolute Gasteiger partial charge is 0.152 e. The number of ether oxygens (including phenoxy) is 2. The summed E-state index contributed by atoms with van der Waals surface area (Å²) in [7, 11) is 3.31. The van der Waals surface area contributed by atoms with Crippen LogP contribution in [0.2, 0.25) is 5.02 Å². The van der Waals surface area contributed by atoms with Gasteiger partial charge in [0, 0.05) is 43.1 Å². The summed E-state index contributed by atoms with van der Waals surface area (Å²) in [6.07, 6.45) is 0.838. The highest BCUT2D eigenvalue weighted by atomic mass is 35.5. The average molecular weight is 286 g/mol. The lowest BCUT2D eigenvalue weighted by Crippen LogP contribution is -2.39. The molecular formula is C14H20ClNO3. The Balaban J connectivity index is 3.07. The van der Waals surface area contributed by atoms with E-state index >= 15 is 0 Å². The van der Waals surface area contributed by atoms with Gasteiger partial charge in [-0.2, -0.15) is 0 Å². The van der Waals surface area contributed by atoms with Crippen molar-refractivity contribution in [1.29, 1.82) is 0 Å². The van der Waals surface area contributed by atoms with Gasteiger partial charge in [-0.25, -0.2) is 0 Å². The number of methoxy groups -OCH3 is 2. The third-order valence-electron chi connectivity index (χ3n) is 2.91. The molecule has 1 unspecified atom stereocenters. The van der Waals surface area contributed by atoms with E-state index in [-0.39, 0.29) is 6.04 Å². The molecule has 0 spiro atoms. The van der Waals surface area contributed by atoms with Gasteiger partial charge in [0.2, 0.25) is 0 Å². The number of carbonyl (C=O) groups excluding carboxylic acids is 1. The van der Waals surface area contributed by atoms with Crippen molar-refractivity contribution in [3.05, 3.63) is 28.8 Å². The van der Waals surface area contributed by atoms with Crippen LogP contribution in [0.25, 0.3) is 0 Å². The van der Waals surface area contributed by atoms with E-state index in [0.717, 1.165) is 12.0 Å². The SMILES string of the molecule is COCCN(c1cc(Cl)ccc1C=O)C(C)COC. The van der Waals surface area contributed by atoms with Crippen LogP contribution in [0.1, 0.15) is 17.3 Å². The summed E-state index contributed by atoms with van der Waals surface area (Å²) in [5.41, 5.74) is 1.42. The standard InChI is InChI=1S/C14H20ClNO3/c1-11(10-19-3)16(6-7-18-2)14-8-13(15)5-4-12(14)9-17/h4-5,8-9,11H,6-7,10H2,1-3H3.